The van der Waals surface area contributed by atoms with Crippen molar-refractivity contribution in [3.05, 3.63) is 29.1 Å². The van der Waals surface area contributed by atoms with Crippen LogP contribution in [-0.2, 0) is 16.0 Å². The van der Waals surface area contributed by atoms with Crippen molar-refractivity contribution < 1.29 is 23.5 Å². The number of nitrogens with two attached hydrogens (primary N) is 1. The molecule has 0 aromatic heterocycles. The van der Waals surface area contributed by atoms with Gasteiger partial charge >= 0.3 is 12.1 Å². The zero-order valence-electron chi connectivity index (χ0n) is 16.3. The maximum atomic E-state index is 14.4. The van der Waals surface area contributed by atoms with Crippen LogP contribution in [0.1, 0.15) is 50.0 Å². The van der Waals surface area contributed by atoms with Gasteiger partial charge in [0.15, 0.2) is 0 Å². The number of nitrogen functional groups attached to an aromatic ring is 1. The zero-order chi connectivity index (χ0) is 20.2. The molecule has 0 aliphatic carbocycles. The number of anilines is 1. The van der Waals surface area contributed by atoms with Gasteiger partial charge in [0, 0.05) is 36.9 Å². The van der Waals surface area contributed by atoms with Gasteiger partial charge in [-0.1, -0.05) is 0 Å². The lowest BCUT2D eigenvalue weighted by molar-refractivity contribution is 0.0501. The first-order chi connectivity index (χ1) is 12.6. The Morgan fingerprint density at radius 2 is 2.07 bits per heavy atom. The van der Waals surface area contributed by atoms with Gasteiger partial charge in [-0.25, -0.2) is 14.0 Å². The number of alkyl carbamates (subject to hydrolysis) is 1. The lowest BCUT2D eigenvalue weighted by Crippen LogP contribution is -2.40. The van der Waals surface area contributed by atoms with Crippen LogP contribution >= 0.6 is 0 Å². The lowest BCUT2D eigenvalue weighted by Gasteiger charge is -2.22. The molecule has 1 atom stereocenters. The van der Waals surface area contributed by atoms with Crippen molar-refractivity contribution in [2.75, 3.05) is 25.4 Å². The quantitative estimate of drug-likeness (QED) is 0.602. The Bertz CT molecular complexity index is 703. The molecule has 0 unspecified atom stereocenters. The van der Waals surface area contributed by atoms with E-state index in [1.807, 2.05) is 4.90 Å². The molecule has 0 spiro atoms. The average Bonchev–Trinajstić information content (AvgIpc) is 2.95. The van der Waals surface area contributed by atoms with Crippen LogP contribution in [0.5, 0.6) is 0 Å². The molecule has 2 rings (SSSR count). The van der Waals surface area contributed by atoms with Crippen LogP contribution in [0.2, 0.25) is 0 Å². The number of nitrogens with zero attached hydrogens (tertiary/aromatic N) is 1. The summed E-state index contributed by atoms with van der Waals surface area (Å²) in [6.07, 6.45) is 0.292. The van der Waals surface area contributed by atoms with Gasteiger partial charge in [-0.2, -0.15) is 0 Å². The summed E-state index contributed by atoms with van der Waals surface area (Å²) in [5.41, 5.74) is 5.96. The van der Waals surface area contributed by atoms with E-state index in [2.05, 4.69) is 5.32 Å². The van der Waals surface area contributed by atoms with Crippen LogP contribution in [0.4, 0.5) is 14.9 Å². The number of carbonyl (C=O) groups excluding carboxylic acids is 2. The summed E-state index contributed by atoms with van der Waals surface area (Å²) in [6, 6.07) is 2.53. The van der Waals surface area contributed by atoms with Crippen LogP contribution in [0.3, 0.4) is 0 Å². The normalized spacial score (nSPS) is 17.6. The van der Waals surface area contributed by atoms with Crippen molar-refractivity contribution >= 4 is 17.7 Å². The number of halogens is 1. The molecule has 1 aromatic rings. The minimum absolute atomic E-state index is 0.0315. The van der Waals surface area contributed by atoms with E-state index in [0.29, 0.717) is 25.2 Å². The second-order valence-electron chi connectivity index (χ2n) is 7.62. The summed E-state index contributed by atoms with van der Waals surface area (Å²) in [7, 11) is 0. The van der Waals surface area contributed by atoms with Crippen LogP contribution in [0.25, 0.3) is 0 Å². The molecule has 1 saturated heterocycles. The summed E-state index contributed by atoms with van der Waals surface area (Å²) < 4.78 is 24.5. The van der Waals surface area contributed by atoms with E-state index in [-0.39, 0.29) is 23.9 Å². The largest absolute Gasteiger partial charge is 0.462 e. The molecule has 1 aromatic carbocycles. The smallest absolute Gasteiger partial charge is 0.407 e. The number of ether oxygens (including phenoxy) is 2. The van der Waals surface area contributed by atoms with Gasteiger partial charge in [-0.3, -0.25) is 4.90 Å². The van der Waals surface area contributed by atoms with Gasteiger partial charge in [0.05, 0.1) is 12.2 Å². The summed E-state index contributed by atoms with van der Waals surface area (Å²) in [5.74, 6) is -1.14. The minimum atomic E-state index is -0.636. The Kier molecular flexibility index (Phi) is 6.64. The molecule has 27 heavy (non-hydrogen) atoms. The monoisotopic (exact) mass is 381 g/mol. The summed E-state index contributed by atoms with van der Waals surface area (Å²) in [5, 5.41) is 2.83. The van der Waals surface area contributed by atoms with Gasteiger partial charge in [-0.05, 0) is 46.2 Å². The number of esters is 1. The average molecular weight is 381 g/mol. The van der Waals surface area contributed by atoms with Gasteiger partial charge in [0.2, 0.25) is 0 Å². The first-order valence-electron chi connectivity index (χ1n) is 9.06. The third-order valence-corrected chi connectivity index (χ3v) is 4.10. The highest BCUT2D eigenvalue weighted by atomic mass is 19.1. The van der Waals surface area contributed by atoms with Crippen molar-refractivity contribution in [1.82, 2.24) is 10.2 Å². The van der Waals surface area contributed by atoms with Crippen LogP contribution in [0, 0.1) is 5.82 Å². The number of likely N-dealkylation sites (tertiary alicyclic amines) is 1. The number of nitrogens with one attached hydrogen (secondary N) is 1. The molecule has 150 valence electrons. The summed E-state index contributed by atoms with van der Waals surface area (Å²) in [4.78, 5) is 25.7. The zero-order valence-corrected chi connectivity index (χ0v) is 16.3. The Balaban J connectivity index is 1.95. The van der Waals surface area contributed by atoms with Crippen molar-refractivity contribution in [2.24, 2.45) is 0 Å². The summed E-state index contributed by atoms with van der Waals surface area (Å²) >= 11 is 0. The van der Waals surface area contributed by atoms with Crippen LogP contribution in [0.15, 0.2) is 12.1 Å². The van der Waals surface area contributed by atoms with Gasteiger partial charge in [0.1, 0.15) is 11.4 Å². The first kappa shape index (κ1) is 21.0. The molecule has 8 heteroatoms. The molecule has 1 fully saturated rings. The van der Waals surface area contributed by atoms with E-state index in [4.69, 9.17) is 15.2 Å². The molecule has 0 bridgehead atoms. The molecule has 0 radical (unpaired) electrons. The highest BCUT2D eigenvalue weighted by Crippen LogP contribution is 2.22. The number of rotatable bonds is 5. The van der Waals surface area contributed by atoms with Crippen molar-refractivity contribution in [3.63, 3.8) is 0 Å². The molecule has 3 N–H and O–H groups in total. The van der Waals surface area contributed by atoms with E-state index in [9.17, 15) is 14.0 Å². The molecule has 1 amide bonds. The second-order valence-corrected chi connectivity index (χ2v) is 7.62. The van der Waals surface area contributed by atoms with E-state index in [1.165, 1.54) is 6.07 Å². The highest BCUT2D eigenvalue weighted by molar-refractivity contribution is 5.95. The maximum Gasteiger partial charge on any atom is 0.407 e. The third kappa shape index (κ3) is 6.09. The van der Waals surface area contributed by atoms with E-state index in [1.54, 1.807) is 27.7 Å². The minimum Gasteiger partial charge on any atom is -0.462 e. The van der Waals surface area contributed by atoms with Gasteiger partial charge < -0.3 is 20.5 Å². The number of amides is 1. The molecule has 1 aliphatic heterocycles. The Morgan fingerprint density at radius 3 is 2.70 bits per heavy atom. The topological polar surface area (TPSA) is 93.9 Å². The molecule has 1 heterocycles. The molecule has 0 saturated carbocycles. The van der Waals surface area contributed by atoms with Crippen molar-refractivity contribution in [1.29, 1.82) is 0 Å². The molecule has 7 nitrogen and oxygen atoms in total. The number of benzene rings is 1. The Hall–Kier alpha value is -2.35. The molecule has 1 aliphatic rings. The van der Waals surface area contributed by atoms with Crippen molar-refractivity contribution in [3.8, 4) is 0 Å². The number of hydrogen-bond acceptors (Lipinski definition) is 6. The number of carbonyl (C=O) groups is 2. The summed E-state index contributed by atoms with van der Waals surface area (Å²) in [6.45, 7) is 8.92. The fourth-order valence-corrected chi connectivity index (χ4v) is 2.95. The van der Waals surface area contributed by atoms with Crippen LogP contribution < -0.4 is 11.1 Å². The second kappa shape index (κ2) is 8.56. The first-order valence-corrected chi connectivity index (χ1v) is 9.06. The van der Waals surface area contributed by atoms with E-state index >= 15 is 0 Å². The Morgan fingerprint density at radius 1 is 1.37 bits per heavy atom. The van der Waals surface area contributed by atoms with Gasteiger partial charge in [0.25, 0.3) is 0 Å². The molecular weight excluding hydrogens is 353 g/mol. The highest BCUT2D eigenvalue weighted by Gasteiger charge is 2.27. The van der Waals surface area contributed by atoms with E-state index in [0.717, 1.165) is 12.5 Å². The third-order valence-electron chi connectivity index (χ3n) is 4.10. The van der Waals surface area contributed by atoms with Gasteiger partial charge in [-0.15, -0.1) is 0 Å². The fourth-order valence-electron chi connectivity index (χ4n) is 2.95. The van der Waals surface area contributed by atoms with E-state index < -0.39 is 23.5 Å². The molecular formula is C19H28FN3O4. The number of hydrogen-bond donors (Lipinski definition) is 2. The maximum absolute atomic E-state index is 14.4. The fraction of sp³-hybridized carbons (Fsp3) is 0.579. The lowest BCUT2D eigenvalue weighted by atomic mass is 10.1. The standard InChI is InChI=1S/C19H28FN3O4/c1-5-26-17(24)14-9-15(20)12(8-16(14)21)10-23-7-6-13(11-23)22-18(25)27-19(2,3)4/h8-9,13H,5-7,10-11,21H2,1-4H3,(H,22,25)/t13-/m1/s1. The van der Waals surface area contributed by atoms with Crippen LogP contribution in [-0.4, -0.2) is 48.3 Å². The SMILES string of the molecule is CCOC(=O)c1cc(F)c(CN2CC[C@@H](NC(=O)OC(C)(C)C)C2)cc1N. The Labute approximate surface area is 159 Å². The van der Waals surface area contributed by atoms with Crippen molar-refractivity contribution in [2.45, 2.75) is 52.3 Å². The predicted molar refractivity (Wildman–Crippen MR) is 99.8 cm³/mol. The predicted octanol–water partition coefficient (Wildman–Crippen LogP) is 2.68.